The van der Waals surface area contributed by atoms with E-state index in [0.717, 1.165) is 6.42 Å². The van der Waals surface area contributed by atoms with E-state index in [9.17, 15) is 4.79 Å². The molecule has 0 bridgehead atoms. The fourth-order valence-electron chi connectivity index (χ4n) is 2.79. The second kappa shape index (κ2) is 5.69. The Labute approximate surface area is 127 Å². The largest absolute Gasteiger partial charge is 0.351 e. The number of carbonyl (C=O) groups is 1. The first-order valence-electron chi connectivity index (χ1n) is 7.82. The number of carbonyl (C=O) groups excluding carboxylic acids is 1. The molecule has 0 aliphatic heterocycles. The zero-order valence-corrected chi connectivity index (χ0v) is 15.7. The number of rotatable bonds is 4. The third-order valence-corrected chi connectivity index (χ3v) is 4.84. The van der Waals surface area contributed by atoms with Gasteiger partial charge in [-0.3, -0.25) is 4.79 Å². The van der Waals surface area contributed by atoms with Gasteiger partial charge in [-0.05, 0) is 36.5 Å². The van der Waals surface area contributed by atoms with E-state index in [4.69, 9.17) is 0 Å². The van der Waals surface area contributed by atoms with E-state index in [1.807, 2.05) is 6.92 Å². The molecule has 0 aromatic rings. The molecular formula is C18H37NO. The molecule has 0 spiro atoms. The molecule has 1 atom stereocenters. The van der Waals surface area contributed by atoms with Crippen LogP contribution in [0.5, 0.6) is 0 Å². The van der Waals surface area contributed by atoms with Crippen molar-refractivity contribution in [1.82, 2.24) is 5.32 Å². The molecule has 120 valence electrons. The summed E-state index contributed by atoms with van der Waals surface area (Å²) in [6, 6.07) is 0. The van der Waals surface area contributed by atoms with E-state index in [-0.39, 0.29) is 33.6 Å². The summed E-state index contributed by atoms with van der Waals surface area (Å²) in [6.45, 7) is 23.9. The first-order valence-corrected chi connectivity index (χ1v) is 7.82. The number of hydrogen-bond acceptors (Lipinski definition) is 1. The predicted molar refractivity (Wildman–Crippen MR) is 88.7 cm³/mol. The SMILES string of the molecule is CC(C(=O)NC(C)(C)CC(C)(C)C)C(C)(C)C(C)(C)C. The van der Waals surface area contributed by atoms with Gasteiger partial charge in [-0.1, -0.05) is 62.3 Å². The highest BCUT2D eigenvalue weighted by Crippen LogP contribution is 2.44. The third-order valence-electron chi connectivity index (χ3n) is 4.84. The van der Waals surface area contributed by atoms with Crippen molar-refractivity contribution in [3.05, 3.63) is 0 Å². The molecule has 0 radical (unpaired) electrons. The fourth-order valence-corrected chi connectivity index (χ4v) is 2.79. The molecule has 0 saturated carbocycles. The van der Waals surface area contributed by atoms with E-state index in [1.165, 1.54) is 0 Å². The van der Waals surface area contributed by atoms with Crippen molar-refractivity contribution in [2.75, 3.05) is 0 Å². The first kappa shape index (κ1) is 19.5. The summed E-state index contributed by atoms with van der Waals surface area (Å²) in [7, 11) is 0. The molecule has 0 aliphatic carbocycles. The van der Waals surface area contributed by atoms with E-state index >= 15 is 0 Å². The van der Waals surface area contributed by atoms with Crippen LogP contribution in [0, 0.1) is 22.2 Å². The maximum atomic E-state index is 12.6. The van der Waals surface area contributed by atoms with E-state index in [1.54, 1.807) is 0 Å². The van der Waals surface area contributed by atoms with E-state index in [2.05, 4.69) is 74.6 Å². The summed E-state index contributed by atoms with van der Waals surface area (Å²) < 4.78 is 0. The Morgan fingerprint density at radius 1 is 0.900 bits per heavy atom. The van der Waals surface area contributed by atoms with Crippen LogP contribution in [0.25, 0.3) is 0 Å². The van der Waals surface area contributed by atoms with Gasteiger partial charge in [0.1, 0.15) is 0 Å². The number of nitrogens with one attached hydrogen (secondary N) is 1. The van der Waals surface area contributed by atoms with Gasteiger partial charge in [-0.2, -0.15) is 0 Å². The minimum Gasteiger partial charge on any atom is -0.351 e. The Morgan fingerprint density at radius 3 is 1.60 bits per heavy atom. The lowest BCUT2D eigenvalue weighted by atomic mass is 9.62. The Hall–Kier alpha value is -0.530. The average molecular weight is 284 g/mol. The van der Waals surface area contributed by atoms with Crippen LogP contribution in [-0.4, -0.2) is 11.4 Å². The predicted octanol–water partition coefficient (Wildman–Crippen LogP) is 5.03. The van der Waals surface area contributed by atoms with Crippen molar-refractivity contribution >= 4 is 5.91 Å². The molecule has 2 nitrogen and oxygen atoms in total. The van der Waals surface area contributed by atoms with Gasteiger partial charge in [-0.15, -0.1) is 0 Å². The molecule has 1 amide bonds. The molecule has 0 aromatic carbocycles. The van der Waals surface area contributed by atoms with Crippen LogP contribution in [0.2, 0.25) is 0 Å². The highest BCUT2D eigenvalue weighted by molar-refractivity contribution is 5.79. The van der Waals surface area contributed by atoms with E-state index < -0.39 is 0 Å². The molecule has 0 aromatic heterocycles. The number of hydrogen-bond donors (Lipinski definition) is 1. The molecule has 0 heterocycles. The van der Waals surface area contributed by atoms with Crippen molar-refractivity contribution in [2.24, 2.45) is 22.2 Å². The smallest absolute Gasteiger partial charge is 0.223 e. The highest BCUT2D eigenvalue weighted by atomic mass is 16.2. The lowest BCUT2D eigenvalue weighted by Crippen LogP contribution is -2.51. The van der Waals surface area contributed by atoms with Crippen molar-refractivity contribution in [3.8, 4) is 0 Å². The third kappa shape index (κ3) is 5.46. The highest BCUT2D eigenvalue weighted by Gasteiger charge is 2.42. The van der Waals surface area contributed by atoms with Gasteiger partial charge in [0.25, 0.3) is 0 Å². The molecular weight excluding hydrogens is 246 g/mol. The standard InChI is InChI=1S/C18H37NO/c1-13(18(10,11)16(5,6)7)14(20)19-17(8,9)12-15(2,3)4/h13H,12H2,1-11H3,(H,19,20). The van der Waals surface area contributed by atoms with Crippen LogP contribution >= 0.6 is 0 Å². The fraction of sp³-hybridized carbons (Fsp3) is 0.944. The van der Waals surface area contributed by atoms with Crippen molar-refractivity contribution in [2.45, 2.75) is 88.1 Å². The molecule has 0 fully saturated rings. The average Bonchev–Trinajstić information content (AvgIpc) is 2.09. The normalized spacial score (nSPS) is 15.9. The van der Waals surface area contributed by atoms with Gasteiger partial charge in [0, 0.05) is 11.5 Å². The topological polar surface area (TPSA) is 29.1 Å². The second-order valence-corrected chi connectivity index (χ2v) is 9.80. The van der Waals surface area contributed by atoms with E-state index in [0.29, 0.717) is 0 Å². The van der Waals surface area contributed by atoms with Gasteiger partial charge in [0.15, 0.2) is 0 Å². The van der Waals surface area contributed by atoms with Gasteiger partial charge >= 0.3 is 0 Å². The quantitative estimate of drug-likeness (QED) is 0.770. The maximum absolute atomic E-state index is 12.6. The molecule has 1 unspecified atom stereocenters. The second-order valence-electron chi connectivity index (χ2n) is 9.80. The lowest BCUT2D eigenvalue weighted by molar-refractivity contribution is -0.132. The molecule has 1 N–H and O–H groups in total. The molecule has 20 heavy (non-hydrogen) atoms. The molecule has 0 saturated heterocycles. The van der Waals surface area contributed by atoms with Gasteiger partial charge in [0.05, 0.1) is 0 Å². The number of amides is 1. The summed E-state index contributed by atoms with van der Waals surface area (Å²) >= 11 is 0. The van der Waals surface area contributed by atoms with Crippen molar-refractivity contribution in [3.63, 3.8) is 0 Å². The minimum absolute atomic E-state index is 0.0123. The Kier molecular flexibility index (Phi) is 5.54. The van der Waals surface area contributed by atoms with Gasteiger partial charge < -0.3 is 5.32 Å². The Bertz CT molecular complexity index is 339. The van der Waals surface area contributed by atoms with Crippen LogP contribution < -0.4 is 5.32 Å². The van der Waals surface area contributed by atoms with Crippen LogP contribution in [-0.2, 0) is 4.79 Å². The molecule has 2 heteroatoms. The van der Waals surface area contributed by atoms with Crippen molar-refractivity contribution < 1.29 is 4.79 Å². The Balaban J connectivity index is 4.95. The van der Waals surface area contributed by atoms with Gasteiger partial charge in [0.2, 0.25) is 5.91 Å². The maximum Gasteiger partial charge on any atom is 0.223 e. The molecule has 0 aliphatic rings. The summed E-state index contributed by atoms with van der Waals surface area (Å²) in [5.41, 5.74) is 0.0872. The van der Waals surface area contributed by atoms with Gasteiger partial charge in [-0.25, -0.2) is 0 Å². The summed E-state index contributed by atoms with van der Waals surface area (Å²) in [5.74, 6) is 0.154. The van der Waals surface area contributed by atoms with Crippen LogP contribution in [0.3, 0.4) is 0 Å². The van der Waals surface area contributed by atoms with Crippen LogP contribution in [0.4, 0.5) is 0 Å². The zero-order valence-electron chi connectivity index (χ0n) is 15.7. The first-order chi connectivity index (χ1) is 8.50. The summed E-state index contributed by atoms with van der Waals surface area (Å²) in [5, 5.41) is 3.25. The Morgan fingerprint density at radius 2 is 1.30 bits per heavy atom. The molecule has 0 rings (SSSR count). The minimum atomic E-state index is -0.169. The van der Waals surface area contributed by atoms with Crippen LogP contribution in [0.15, 0.2) is 0 Å². The van der Waals surface area contributed by atoms with Crippen LogP contribution in [0.1, 0.15) is 82.6 Å². The monoisotopic (exact) mass is 283 g/mol. The zero-order chi connectivity index (χ0) is 16.6. The summed E-state index contributed by atoms with van der Waals surface area (Å²) in [6.07, 6.45) is 0.967. The summed E-state index contributed by atoms with van der Waals surface area (Å²) in [4.78, 5) is 12.6. The lowest BCUT2D eigenvalue weighted by Gasteiger charge is -2.44. The van der Waals surface area contributed by atoms with Crippen molar-refractivity contribution in [1.29, 1.82) is 0 Å².